The molecule has 0 spiro atoms. The Morgan fingerprint density at radius 3 is 3.15 bits per heavy atom. The number of aromatic nitrogens is 1. The molecule has 0 bridgehead atoms. The van der Waals surface area contributed by atoms with E-state index in [9.17, 15) is 0 Å². The lowest BCUT2D eigenvalue weighted by molar-refractivity contribution is 0.492. The third-order valence-electron chi connectivity index (χ3n) is 2.66. The Bertz CT molecular complexity index is 360. The first kappa shape index (κ1) is 8.31. The molecule has 0 N–H and O–H groups in total. The van der Waals surface area contributed by atoms with Gasteiger partial charge in [-0.15, -0.1) is 6.42 Å². The number of terminal acetylenes is 1. The molecule has 1 aliphatic rings. The Morgan fingerprint density at radius 1 is 1.54 bits per heavy atom. The molecule has 1 aromatic rings. The number of pyridine rings is 1. The third kappa shape index (κ3) is 1.58. The van der Waals surface area contributed by atoms with E-state index in [4.69, 9.17) is 6.42 Å². The molecule has 1 atom stereocenters. The van der Waals surface area contributed by atoms with Gasteiger partial charge in [-0.3, -0.25) is 0 Å². The maximum atomic E-state index is 5.31. The molecule has 0 saturated carbocycles. The number of nitrogens with zero attached hydrogens (tertiary/aromatic N) is 1. The van der Waals surface area contributed by atoms with Gasteiger partial charge in [-0.05, 0) is 36.8 Å². The first-order chi connectivity index (χ1) is 6.29. The normalized spacial score (nSPS) is 20.5. The summed E-state index contributed by atoms with van der Waals surface area (Å²) >= 11 is 0. The van der Waals surface area contributed by atoms with E-state index in [1.54, 1.807) is 0 Å². The summed E-state index contributed by atoms with van der Waals surface area (Å²) in [5, 5.41) is 0. The quantitative estimate of drug-likeness (QED) is 0.545. The highest BCUT2D eigenvalue weighted by Gasteiger charge is 2.15. The Hall–Kier alpha value is -1.29. The first-order valence-corrected chi connectivity index (χ1v) is 4.75. The van der Waals surface area contributed by atoms with Crippen molar-refractivity contribution in [3.8, 4) is 12.3 Å². The van der Waals surface area contributed by atoms with Gasteiger partial charge in [0.05, 0.1) is 0 Å². The van der Waals surface area contributed by atoms with Crippen molar-refractivity contribution >= 4 is 0 Å². The zero-order chi connectivity index (χ0) is 9.26. The van der Waals surface area contributed by atoms with Crippen LogP contribution in [-0.2, 0) is 12.8 Å². The van der Waals surface area contributed by atoms with E-state index in [1.165, 1.54) is 17.7 Å². The summed E-state index contributed by atoms with van der Waals surface area (Å²) < 4.78 is 0. The van der Waals surface area contributed by atoms with Crippen LogP contribution in [0.1, 0.15) is 30.3 Å². The minimum absolute atomic E-state index is 0.757. The summed E-state index contributed by atoms with van der Waals surface area (Å²) in [6.07, 6.45) is 8.84. The monoisotopic (exact) mass is 171 g/mol. The van der Waals surface area contributed by atoms with Crippen molar-refractivity contribution in [3.05, 3.63) is 29.1 Å². The zero-order valence-corrected chi connectivity index (χ0v) is 7.88. The van der Waals surface area contributed by atoms with E-state index in [0.29, 0.717) is 0 Å². The van der Waals surface area contributed by atoms with Gasteiger partial charge < -0.3 is 0 Å². The van der Waals surface area contributed by atoms with Crippen molar-refractivity contribution < 1.29 is 0 Å². The molecule has 0 aromatic carbocycles. The fourth-order valence-electron chi connectivity index (χ4n) is 1.85. The minimum Gasteiger partial charge on any atom is -0.244 e. The standard InChI is InChI=1S/C12H13N/c1-3-11-7-6-10-5-4-9(2)8-12(10)13-11/h1,6-7,9H,4-5,8H2,2H3/t9-/m1/s1. The topological polar surface area (TPSA) is 12.9 Å². The summed E-state index contributed by atoms with van der Waals surface area (Å²) in [6, 6.07) is 4.07. The average Bonchev–Trinajstić information content (AvgIpc) is 2.16. The van der Waals surface area contributed by atoms with Crippen molar-refractivity contribution in [1.29, 1.82) is 0 Å². The van der Waals surface area contributed by atoms with Gasteiger partial charge >= 0.3 is 0 Å². The molecule has 66 valence electrons. The van der Waals surface area contributed by atoms with E-state index in [2.05, 4.69) is 23.9 Å². The highest BCUT2D eigenvalue weighted by Crippen LogP contribution is 2.23. The number of rotatable bonds is 0. The van der Waals surface area contributed by atoms with Gasteiger partial charge in [0.15, 0.2) is 0 Å². The number of hydrogen-bond donors (Lipinski definition) is 0. The summed E-state index contributed by atoms with van der Waals surface area (Å²) in [6.45, 7) is 2.27. The molecular formula is C12H13N. The molecule has 0 radical (unpaired) electrons. The van der Waals surface area contributed by atoms with E-state index >= 15 is 0 Å². The lowest BCUT2D eigenvalue weighted by atomic mass is 9.88. The van der Waals surface area contributed by atoms with Crippen molar-refractivity contribution in [3.63, 3.8) is 0 Å². The summed E-state index contributed by atoms with van der Waals surface area (Å²) in [4.78, 5) is 4.45. The Balaban J connectivity index is 2.39. The molecule has 1 heterocycles. The predicted octanol–water partition coefficient (Wildman–Crippen LogP) is 2.19. The van der Waals surface area contributed by atoms with E-state index < -0.39 is 0 Å². The van der Waals surface area contributed by atoms with Gasteiger partial charge in [0.2, 0.25) is 0 Å². The van der Waals surface area contributed by atoms with Gasteiger partial charge in [-0.25, -0.2) is 4.98 Å². The summed E-state index contributed by atoms with van der Waals surface area (Å²) in [7, 11) is 0. The maximum Gasteiger partial charge on any atom is 0.113 e. The molecule has 1 aliphatic carbocycles. The van der Waals surface area contributed by atoms with Gasteiger partial charge in [-0.2, -0.15) is 0 Å². The van der Waals surface area contributed by atoms with Gasteiger partial charge in [0.25, 0.3) is 0 Å². The lowest BCUT2D eigenvalue weighted by Crippen LogP contribution is -2.13. The smallest absolute Gasteiger partial charge is 0.113 e. The van der Waals surface area contributed by atoms with Crippen molar-refractivity contribution in [2.45, 2.75) is 26.2 Å². The number of aryl methyl sites for hydroxylation is 1. The molecular weight excluding hydrogens is 158 g/mol. The Morgan fingerprint density at radius 2 is 2.38 bits per heavy atom. The molecule has 0 fully saturated rings. The second kappa shape index (κ2) is 3.22. The summed E-state index contributed by atoms with van der Waals surface area (Å²) in [5.41, 5.74) is 3.37. The van der Waals surface area contributed by atoms with Crippen LogP contribution in [0, 0.1) is 18.3 Å². The van der Waals surface area contributed by atoms with Crippen molar-refractivity contribution in [1.82, 2.24) is 4.98 Å². The highest BCUT2D eigenvalue weighted by molar-refractivity contribution is 5.32. The maximum absolute atomic E-state index is 5.31. The molecule has 0 saturated heterocycles. The summed E-state index contributed by atoms with van der Waals surface area (Å²) in [5.74, 6) is 3.34. The molecule has 1 aromatic heterocycles. The van der Waals surface area contributed by atoms with Crippen molar-refractivity contribution in [2.24, 2.45) is 5.92 Å². The average molecular weight is 171 g/mol. The second-order valence-electron chi connectivity index (χ2n) is 3.79. The van der Waals surface area contributed by atoms with Gasteiger partial charge in [0, 0.05) is 5.69 Å². The molecule has 1 nitrogen and oxygen atoms in total. The van der Waals surface area contributed by atoms with Crippen LogP contribution in [0.2, 0.25) is 0 Å². The minimum atomic E-state index is 0.757. The zero-order valence-electron chi connectivity index (χ0n) is 7.88. The number of fused-ring (bicyclic) bond motifs is 1. The van der Waals surface area contributed by atoms with Crippen LogP contribution in [0.3, 0.4) is 0 Å². The molecule has 0 aliphatic heterocycles. The van der Waals surface area contributed by atoms with Crippen molar-refractivity contribution in [2.75, 3.05) is 0 Å². The van der Waals surface area contributed by atoms with Crippen LogP contribution >= 0.6 is 0 Å². The Labute approximate surface area is 79.2 Å². The number of hydrogen-bond acceptors (Lipinski definition) is 1. The van der Waals surface area contributed by atoms with E-state index in [-0.39, 0.29) is 0 Å². The van der Waals surface area contributed by atoms with E-state index in [1.807, 2.05) is 6.07 Å². The molecule has 1 heteroatoms. The molecule has 0 unspecified atom stereocenters. The highest BCUT2D eigenvalue weighted by atomic mass is 14.7. The van der Waals surface area contributed by atoms with Crippen LogP contribution in [0.5, 0.6) is 0 Å². The van der Waals surface area contributed by atoms with Gasteiger partial charge in [-0.1, -0.05) is 18.9 Å². The van der Waals surface area contributed by atoms with Crippen LogP contribution in [0.25, 0.3) is 0 Å². The fourth-order valence-corrected chi connectivity index (χ4v) is 1.85. The van der Waals surface area contributed by atoms with Crippen LogP contribution in [0.15, 0.2) is 12.1 Å². The van der Waals surface area contributed by atoms with Gasteiger partial charge in [0.1, 0.15) is 5.69 Å². The van der Waals surface area contributed by atoms with Crippen LogP contribution < -0.4 is 0 Å². The SMILES string of the molecule is C#Cc1ccc2c(n1)C[C@H](C)CC2. The molecule has 0 amide bonds. The predicted molar refractivity (Wildman–Crippen MR) is 53.4 cm³/mol. The first-order valence-electron chi connectivity index (χ1n) is 4.75. The largest absolute Gasteiger partial charge is 0.244 e. The van der Waals surface area contributed by atoms with E-state index in [0.717, 1.165) is 24.5 Å². The molecule has 2 rings (SSSR count). The second-order valence-corrected chi connectivity index (χ2v) is 3.79. The molecule has 13 heavy (non-hydrogen) atoms. The Kier molecular flexibility index (Phi) is 2.06. The van der Waals surface area contributed by atoms with Crippen LogP contribution in [0.4, 0.5) is 0 Å². The van der Waals surface area contributed by atoms with Crippen LogP contribution in [-0.4, -0.2) is 4.98 Å². The third-order valence-corrected chi connectivity index (χ3v) is 2.66. The fraction of sp³-hybridized carbons (Fsp3) is 0.417. The lowest BCUT2D eigenvalue weighted by Gasteiger charge is -2.20.